The van der Waals surface area contributed by atoms with Crippen molar-refractivity contribution in [1.82, 2.24) is 15.8 Å². The molecule has 1 fully saturated rings. The predicted octanol–water partition coefficient (Wildman–Crippen LogP) is 2.08. The van der Waals surface area contributed by atoms with E-state index in [9.17, 15) is 4.79 Å². The quantitative estimate of drug-likeness (QED) is 0.318. The van der Waals surface area contributed by atoms with E-state index in [-0.39, 0.29) is 35.9 Å². The number of aromatic nitrogens is 1. The highest BCUT2D eigenvalue weighted by Crippen LogP contribution is 2.25. The number of ether oxygens (including phenoxy) is 1. The number of hydrogen-bond acceptors (Lipinski definition) is 5. The molecule has 0 aliphatic heterocycles. The number of nitrogens with one attached hydrogen (secondary N) is 2. The lowest BCUT2D eigenvalue weighted by molar-refractivity contribution is -0.149. The van der Waals surface area contributed by atoms with Gasteiger partial charge in [0.25, 0.3) is 0 Å². The lowest BCUT2D eigenvalue weighted by Crippen LogP contribution is -2.45. The van der Waals surface area contributed by atoms with Crippen LogP contribution in [0.3, 0.4) is 0 Å². The largest absolute Gasteiger partial charge is 0.466 e. The molecule has 0 saturated heterocycles. The summed E-state index contributed by atoms with van der Waals surface area (Å²) in [6.07, 6.45) is 5.14. The van der Waals surface area contributed by atoms with Gasteiger partial charge in [-0.1, -0.05) is 5.16 Å². The molecule has 1 heterocycles. The van der Waals surface area contributed by atoms with Gasteiger partial charge in [0, 0.05) is 19.2 Å². The summed E-state index contributed by atoms with van der Waals surface area (Å²) in [5.41, 5.74) is 0.828. The Hall–Kier alpha value is -1.32. The van der Waals surface area contributed by atoms with Crippen LogP contribution in [0.15, 0.2) is 21.8 Å². The van der Waals surface area contributed by atoms with Crippen LogP contribution < -0.4 is 10.6 Å². The summed E-state index contributed by atoms with van der Waals surface area (Å²) in [6, 6.07) is 2.14. The Kier molecular flexibility index (Phi) is 8.97. The van der Waals surface area contributed by atoms with Crippen molar-refractivity contribution in [3.63, 3.8) is 0 Å². The van der Waals surface area contributed by atoms with Gasteiger partial charge in [-0.15, -0.1) is 24.0 Å². The van der Waals surface area contributed by atoms with Gasteiger partial charge in [0.2, 0.25) is 0 Å². The molecule has 1 aromatic rings. The summed E-state index contributed by atoms with van der Waals surface area (Å²) in [6.45, 7) is 2.86. The van der Waals surface area contributed by atoms with Crippen molar-refractivity contribution < 1.29 is 14.1 Å². The van der Waals surface area contributed by atoms with Crippen LogP contribution in [0.5, 0.6) is 0 Å². The molecule has 23 heavy (non-hydrogen) atoms. The molecule has 1 saturated carbocycles. The number of aliphatic imine (C=N–C) groups is 1. The van der Waals surface area contributed by atoms with Crippen molar-refractivity contribution in [2.45, 2.75) is 45.2 Å². The van der Waals surface area contributed by atoms with Gasteiger partial charge in [-0.25, -0.2) is 0 Å². The first kappa shape index (κ1) is 19.7. The van der Waals surface area contributed by atoms with Crippen LogP contribution in [-0.2, 0) is 16.1 Å². The molecule has 7 nitrogen and oxygen atoms in total. The number of esters is 1. The minimum atomic E-state index is -0.0607. The van der Waals surface area contributed by atoms with Gasteiger partial charge in [-0.3, -0.25) is 9.79 Å². The third kappa shape index (κ3) is 6.36. The van der Waals surface area contributed by atoms with Crippen LogP contribution in [0, 0.1) is 5.92 Å². The first-order chi connectivity index (χ1) is 10.7. The van der Waals surface area contributed by atoms with Crippen LogP contribution in [0.1, 0.15) is 38.3 Å². The Balaban J connectivity index is 0.00000264. The fraction of sp³-hybridized carbons (Fsp3) is 0.667. The zero-order valence-electron chi connectivity index (χ0n) is 13.6. The molecule has 2 rings (SSSR count). The van der Waals surface area contributed by atoms with E-state index >= 15 is 0 Å². The number of guanidine groups is 1. The molecule has 0 aromatic carbocycles. The number of carbonyl (C=O) groups is 1. The molecule has 0 unspecified atom stereocenters. The van der Waals surface area contributed by atoms with E-state index in [4.69, 9.17) is 9.26 Å². The van der Waals surface area contributed by atoms with Gasteiger partial charge < -0.3 is 19.9 Å². The normalized spacial score (nSPS) is 21.2. The summed E-state index contributed by atoms with van der Waals surface area (Å²) >= 11 is 0. The van der Waals surface area contributed by atoms with Crippen LogP contribution >= 0.6 is 24.0 Å². The van der Waals surface area contributed by atoms with Gasteiger partial charge >= 0.3 is 5.97 Å². The third-order valence-corrected chi connectivity index (χ3v) is 3.84. The van der Waals surface area contributed by atoms with E-state index in [1.165, 1.54) is 0 Å². The van der Waals surface area contributed by atoms with Gasteiger partial charge in [0.05, 0.1) is 19.1 Å². The SMILES string of the molecule is CCOC(=O)C1CCC(NC(=NC)NCc2ccon2)CC1.I. The highest BCUT2D eigenvalue weighted by molar-refractivity contribution is 14.0. The van der Waals surface area contributed by atoms with Crippen molar-refractivity contribution in [3.05, 3.63) is 18.0 Å². The van der Waals surface area contributed by atoms with E-state index in [2.05, 4.69) is 20.8 Å². The lowest BCUT2D eigenvalue weighted by atomic mass is 9.86. The predicted molar refractivity (Wildman–Crippen MR) is 97.6 cm³/mol. The molecule has 8 heteroatoms. The Bertz CT molecular complexity index is 485. The molecule has 0 atom stereocenters. The van der Waals surface area contributed by atoms with Crippen molar-refractivity contribution >= 4 is 35.9 Å². The van der Waals surface area contributed by atoms with Crippen LogP contribution in [0.25, 0.3) is 0 Å². The minimum absolute atomic E-state index is 0. The molecule has 2 N–H and O–H groups in total. The summed E-state index contributed by atoms with van der Waals surface area (Å²) in [4.78, 5) is 15.9. The molecule has 0 spiro atoms. The zero-order chi connectivity index (χ0) is 15.8. The van der Waals surface area contributed by atoms with Gasteiger partial charge in [-0.2, -0.15) is 0 Å². The van der Waals surface area contributed by atoms with Gasteiger partial charge in [0.1, 0.15) is 12.0 Å². The van der Waals surface area contributed by atoms with Crippen LogP contribution in [-0.4, -0.2) is 36.8 Å². The average molecular weight is 436 g/mol. The Morgan fingerprint density at radius 2 is 2.17 bits per heavy atom. The highest BCUT2D eigenvalue weighted by atomic mass is 127. The van der Waals surface area contributed by atoms with Crippen molar-refractivity contribution in [3.8, 4) is 0 Å². The van der Waals surface area contributed by atoms with E-state index in [1.807, 2.05) is 13.0 Å². The third-order valence-electron chi connectivity index (χ3n) is 3.84. The molecule has 0 bridgehead atoms. The lowest BCUT2D eigenvalue weighted by Gasteiger charge is -2.29. The molecule has 0 amide bonds. The van der Waals surface area contributed by atoms with Gasteiger partial charge in [0.15, 0.2) is 5.96 Å². The smallest absolute Gasteiger partial charge is 0.308 e. The number of nitrogens with zero attached hydrogens (tertiary/aromatic N) is 2. The number of hydrogen-bond donors (Lipinski definition) is 2. The fourth-order valence-electron chi connectivity index (χ4n) is 2.62. The summed E-state index contributed by atoms with van der Waals surface area (Å²) < 4.78 is 9.88. The standard InChI is InChI=1S/C15H24N4O3.HI/c1-3-21-14(20)11-4-6-12(7-5-11)18-15(16-2)17-10-13-8-9-22-19-13;/h8-9,11-12H,3-7,10H2,1-2H3,(H2,16,17,18);1H. The Morgan fingerprint density at radius 3 is 2.74 bits per heavy atom. The van der Waals surface area contributed by atoms with Crippen molar-refractivity contribution in [1.29, 1.82) is 0 Å². The molecule has 0 radical (unpaired) electrons. The number of halogens is 1. The minimum Gasteiger partial charge on any atom is -0.466 e. The summed E-state index contributed by atoms with van der Waals surface area (Å²) in [7, 11) is 1.74. The van der Waals surface area contributed by atoms with E-state index < -0.39 is 0 Å². The maximum absolute atomic E-state index is 11.7. The van der Waals surface area contributed by atoms with E-state index in [0.717, 1.165) is 37.3 Å². The molecule has 1 aliphatic rings. The van der Waals surface area contributed by atoms with E-state index in [0.29, 0.717) is 19.2 Å². The molecule has 1 aliphatic carbocycles. The van der Waals surface area contributed by atoms with E-state index in [1.54, 1.807) is 13.3 Å². The van der Waals surface area contributed by atoms with Crippen molar-refractivity contribution in [2.24, 2.45) is 10.9 Å². The highest BCUT2D eigenvalue weighted by Gasteiger charge is 2.27. The maximum atomic E-state index is 11.7. The average Bonchev–Trinajstić information content (AvgIpc) is 3.05. The first-order valence-corrected chi connectivity index (χ1v) is 7.76. The second kappa shape index (κ2) is 10.5. The first-order valence-electron chi connectivity index (χ1n) is 7.76. The second-order valence-corrected chi connectivity index (χ2v) is 5.36. The Morgan fingerprint density at radius 1 is 1.43 bits per heavy atom. The molecule has 1 aromatic heterocycles. The molecule has 130 valence electrons. The van der Waals surface area contributed by atoms with Crippen LogP contribution in [0.4, 0.5) is 0 Å². The molecular weight excluding hydrogens is 411 g/mol. The second-order valence-electron chi connectivity index (χ2n) is 5.36. The van der Waals surface area contributed by atoms with Crippen LogP contribution in [0.2, 0.25) is 0 Å². The maximum Gasteiger partial charge on any atom is 0.308 e. The molecular formula is C15H25IN4O3. The van der Waals surface area contributed by atoms with Gasteiger partial charge in [-0.05, 0) is 32.6 Å². The zero-order valence-corrected chi connectivity index (χ0v) is 15.9. The topological polar surface area (TPSA) is 88.8 Å². The number of rotatable bonds is 5. The summed E-state index contributed by atoms with van der Waals surface area (Å²) in [5.74, 6) is 0.722. The fourth-order valence-corrected chi connectivity index (χ4v) is 2.62. The van der Waals surface area contributed by atoms with Crippen molar-refractivity contribution in [2.75, 3.05) is 13.7 Å². The Labute approximate surface area is 153 Å². The monoisotopic (exact) mass is 436 g/mol. The number of carbonyl (C=O) groups excluding carboxylic acids is 1. The summed E-state index contributed by atoms with van der Waals surface area (Å²) in [5, 5.41) is 10.4.